The summed E-state index contributed by atoms with van der Waals surface area (Å²) >= 11 is 0. The highest BCUT2D eigenvalue weighted by Crippen LogP contribution is 2.14. The van der Waals surface area contributed by atoms with Crippen LogP contribution >= 0.6 is 0 Å². The van der Waals surface area contributed by atoms with Crippen LogP contribution in [0.15, 0.2) is 24.3 Å². The first-order chi connectivity index (χ1) is 10.2. The fraction of sp³-hybridized carbons (Fsp3) is 0.562. The molecule has 0 spiro atoms. The van der Waals surface area contributed by atoms with Crippen LogP contribution in [0.1, 0.15) is 25.7 Å². The summed E-state index contributed by atoms with van der Waals surface area (Å²) < 4.78 is 5.41. The van der Waals surface area contributed by atoms with E-state index in [1.807, 2.05) is 6.07 Å². The van der Waals surface area contributed by atoms with Crippen molar-refractivity contribution in [2.45, 2.75) is 25.7 Å². The molecular weight excluding hydrogens is 266 g/mol. The van der Waals surface area contributed by atoms with Gasteiger partial charge in [-0.2, -0.15) is 0 Å². The lowest BCUT2D eigenvalue weighted by Gasteiger charge is -2.19. The molecule has 0 atom stereocenters. The zero-order chi connectivity index (χ0) is 14.9. The Balaban J connectivity index is 1.61. The molecule has 0 bridgehead atoms. The van der Waals surface area contributed by atoms with Crippen LogP contribution in [0.25, 0.3) is 0 Å². The molecule has 0 unspecified atom stereocenters. The molecule has 1 aliphatic heterocycles. The van der Waals surface area contributed by atoms with Crippen molar-refractivity contribution in [3.05, 3.63) is 24.3 Å². The van der Waals surface area contributed by atoms with Crippen LogP contribution in [0, 0.1) is 0 Å². The molecule has 5 heteroatoms. The summed E-state index contributed by atoms with van der Waals surface area (Å²) in [5, 5.41) is 2.90. The zero-order valence-electron chi connectivity index (χ0n) is 12.5. The standard InChI is InChI=1S/C16H25N3O2/c17-14-6-5-7-15(12-14)21-13-16(20)18-8-11-19-9-3-1-2-4-10-19/h5-7,12H,1-4,8-11,13,17H2,(H,18,20). The lowest BCUT2D eigenvalue weighted by atomic mass is 10.2. The quantitative estimate of drug-likeness (QED) is 0.782. The number of hydrogen-bond acceptors (Lipinski definition) is 4. The second-order valence-corrected chi connectivity index (χ2v) is 5.47. The van der Waals surface area contributed by atoms with E-state index in [0.717, 1.165) is 19.6 Å². The molecule has 0 aliphatic carbocycles. The monoisotopic (exact) mass is 291 g/mol. The predicted octanol–water partition coefficient (Wildman–Crippen LogP) is 1.64. The third-order valence-corrected chi connectivity index (χ3v) is 3.68. The van der Waals surface area contributed by atoms with Gasteiger partial charge in [-0.15, -0.1) is 0 Å². The van der Waals surface area contributed by atoms with Crippen LogP contribution in [-0.2, 0) is 4.79 Å². The summed E-state index contributed by atoms with van der Waals surface area (Å²) in [6.07, 6.45) is 5.20. The van der Waals surface area contributed by atoms with Gasteiger partial charge in [0.15, 0.2) is 6.61 Å². The number of anilines is 1. The molecule has 1 aromatic carbocycles. The number of nitrogens with zero attached hydrogens (tertiary/aromatic N) is 1. The number of carbonyl (C=O) groups excluding carboxylic acids is 1. The van der Waals surface area contributed by atoms with Crippen LogP contribution in [0.5, 0.6) is 5.75 Å². The van der Waals surface area contributed by atoms with Crippen LogP contribution < -0.4 is 15.8 Å². The van der Waals surface area contributed by atoms with Gasteiger partial charge in [0.1, 0.15) is 5.75 Å². The van der Waals surface area contributed by atoms with Crippen LogP contribution in [0.4, 0.5) is 5.69 Å². The van der Waals surface area contributed by atoms with Crippen molar-refractivity contribution >= 4 is 11.6 Å². The Hall–Kier alpha value is -1.75. The Labute approximate surface area is 126 Å². The minimum atomic E-state index is -0.0905. The first-order valence-electron chi connectivity index (χ1n) is 7.71. The number of nitrogen functional groups attached to an aromatic ring is 1. The molecule has 3 N–H and O–H groups in total. The number of likely N-dealkylation sites (tertiary alicyclic amines) is 1. The number of amides is 1. The van der Waals surface area contributed by atoms with Crippen molar-refractivity contribution in [1.29, 1.82) is 0 Å². The predicted molar refractivity (Wildman–Crippen MR) is 84.3 cm³/mol. The lowest BCUT2D eigenvalue weighted by Crippen LogP contribution is -2.37. The van der Waals surface area contributed by atoms with Crippen molar-refractivity contribution in [3.63, 3.8) is 0 Å². The molecule has 1 aromatic rings. The van der Waals surface area contributed by atoms with E-state index in [1.165, 1.54) is 25.7 Å². The highest BCUT2D eigenvalue weighted by atomic mass is 16.5. The molecule has 0 saturated carbocycles. The van der Waals surface area contributed by atoms with Gasteiger partial charge in [-0.05, 0) is 38.1 Å². The van der Waals surface area contributed by atoms with Crippen molar-refractivity contribution in [2.24, 2.45) is 0 Å². The Morgan fingerprint density at radius 3 is 2.71 bits per heavy atom. The maximum absolute atomic E-state index is 11.7. The van der Waals surface area contributed by atoms with Crippen molar-refractivity contribution in [2.75, 3.05) is 38.5 Å². The zero-order valence-corrected chi connectivity index (χ0v) is 12.5. The minimum absolute atomic E-state index is 0.0312. The van der Waals surface area contributed by atoms with Crippen LogP contribution in [-0.4, -0.2) is 43.6 Å². The van der Waals surface area contributed by atoms with E-state index >= 15 is 0 Å². The van der Waals surface area contributed by atoms with Gasteiger partial charge in [0.05, 0.1) is 0 Å². The average Bonchev–Trinajstić information content (AvgIpc) is 2.74. The number of carbonyl (C=O) groups is 1. The first-order valence-corrected chi connectivity index (χ1v) is 7.71. The van der Waals surface area contributed by atoms with Gasteiger partial charge in [-0.25, -0.2) is 0 Å². The SMILES string of the molecule is Nc1cccc(OCC(=O)NCCN2CCCCCC2)c1. The van der Waals surface area contributed by atoms with Crippen LogP contribution in [0.2, 0.25) is 0 Å². The fourth-order valence-electron chi connectivity index (χ4n) is 2.52. The number of benzene rings is 1. The van der Waals surface area contributed by atoms with Gasteiger partial charge in [-0.3, -0.25) is 4.79 Å². The van der Waals surface area contributed by atoms with E-state index in [0.29, 0.717) is 18.0 Å². The van der Waals surface area contributed by atoms with E-state index in [-0.39, 0.29) is 12.5 Å². The third-order valence-electron chi connectivity index (χ3n) is 3.68. The summed E-state index contributed by atoms with van der Waals surface area (Å²) in [5.74, 6) is 0.532. The normalized spacial score (nSPS) is 16.2. The van der Waals surface area contributed by atoms with E-state index in [1.54, 1.807) is 18.2 Å². The highest BCUT2D eigenvalue weighted by Gasteiger charge is 2.09. The third kappa shape index (κ3) is 6.04. The maximum Gasteiger partial charge on any atom is 0.257 e. The highest BCUT2D eigenvalue weighted by molar-refractivity contribution is 5.77. The largest absolute Gasteiger partial charge is 0.484 e. The Morgan fingerprint density at radius 1 is 1.24 bits per heavy atom. The van der Waals surface area contributed by atoms with Gasteiger partial charge in [-0.1, -0.05) is 18.9 Å². The fourth-order valence-corrected chi connectivity index (χ4v) is 2.52. The van der Waals surface area contributed by atoms with E-state index in [9.17, 15) is 4.79 Å². The molecular formula is C16H25N3O2. The molecule has 1 heterocycles. The van der Waals surface area contributed by atoms with E-state index < -0.39 is 0 Å². The Bertz CT molecular complexity index is 443. The second kappa shape index (κ2) is 8.52. The summed E-state index contributed by atoms with van der Waals surface area (Å²) in [7, 11) is 0. The minimum Gasteiger partial charge on any atom is -0.484 e. The number of nitrogens with two attached hydrogens (primary N) is 1. The molecule has 1 amide bonds. The molecule has 2 rings (SSSR count). The topological polar surface area (TPSA) is 67.6 Å². The molecule has 1 saturated heterocycles. The van der Waals surface area contributed by atoms with Gasteiger partial charge in [0, 0.05) is 24.8 Å². The van der Waals surface area contributed by atoms with Crippen LogP contribution in [0.3, 0.4) is 0 Å². The van der Waals surface area contributed by atoms with Crippen molar-refractivity contribution < 1.29 is 9.53 Å². The molecule has 0 radical (unpaired) electrons. The number of ether oxygens (including phenoxy) is 1. The van der Waals surface area contributed by atoms with Gasteiger partial charge in [0.25, 0.3) is 5.91 Å². The Morgan fingerprint density at radius 2 is 2.00 bits per heavy atom. The van der Waals surface area contributed by atoms with E-state index in [2.05, 4.69) is 10.2 Å². The molecule has 1 fully saturated rings. The van der Waals surface area contributed by atoms with Gasteiger partial charge >= 0.3 is 0 Å². The lowest BCUT2D eigenvalue weighted by molar-refractivity contribution is -0.123. The maximum atomic E-state index is 11.7. The smallest absolute Gasteiger partial charge is 0.257 e. The molecule has 5 nitrogen and oxygen atoms in total. The summed E-state index contributed by atoms with van der Waals surface area (Å²) in [6.45, 7) is 3.93. The first kappa shape index (κ1) is 15.6. The Kier molecular flexibility index (Phi) is 6.34. The molecule has 1 aliphatic rings. The summed E-state index contributed by atoms with van der Waals surface area (Å²) in [5.41, 5.74) is 6.29. The molecule has 21 heavy (non-hydrogen) atoms. The number of hydrogen-bond donors (Lipinski definition) is 2. The van der Waals surface area contributed by atoms with Crippen molar-refractivity contribution in [1.82, 2.24) is 10.2 Å². The average molecular weight is 291 g/mol. The van der Waals surface area contributed by atoms with Crippen molar-refractivity contribution in [3.8, 4) is 5.75 Å². The summed E-state index contributed by atoms with van der Waals surface area (Å²) in [4.78, 5) is 14.1. The molecule has 116 valence electrons. The van der Waals surface area contributed by atoms with E-state index in [4.69, 9.17) is 10.5 Å². The second-order valence-electron chi connectivity index (χ2n) is 5.47. The summed E-state index contributed by atoms with van der Waals surface area (Å²) in [6, 6.07) is 7.10. The number of rotatable bonds is 6. The van der Waals surface area contributed by atoms with Gasteiger partial charge < -0.3 is 20.7 Å². The van der Waals surface area contributed by atoms with Gasteiger partial charge in [0.2, 0.25) is 0 Å². The molecule has 0 aromatic heterocycles. The number of nitrogens with one attached hydrogen (secondary N) is 1.